The number of hydrogen-bond acceptors (Lipinski definition) is 2. The van der Waals surface area contributed by atoms with Crippen molar-refractivity contribution in [1.82, 2.24) is 15.5 Å². The van der Waals surface area contributed by atoms with Crippen LogP contribution in [0.1, 0.15) is 31.2 Å². The van der Waals surface area contributed by atoms with Crippen molar-refractivity contribution in [1.29, 1.82) is 0 Å². The van der Waals surface area contributed by atoms with Gasteiger partial charge < -0.3 is 15.5 Å². The van der Waals surface area contributed by atoms with E-state index >= 15 is 0 Å². The number of benzene rings is 1. The summed E-state index contributed by atoms with van der Waals surface area (Å²) in [5.41, 5.74) is 1.19. The molecular formula is C17H28ClIN4. The van der Waals surface area contributed by atoms with Crippen LogP contribution in [0.3, 0.4) is 0 Å². The van der Waals surface area contributed by atoms with Gasteiger partial charge in [0.2, 0.25) is 0 Å². The second-order valence-electron chi connectivity index (χ2n) is 5.90. The molecule has 1 aliphatic rings. The van der Waals surface area contributed by atoms with E-state index in [1.54, 1.807) is 7.05 Å². The second kappa shape index (κ2) is 11.1. The molecule has 4 nitrogen and oxygen atoms in total. The summed E-state index contributed by atoms with van der Waals surface area (Å²) in [5.74, 6) is 0.842. The molecule has 1 aromatic rings. The van der Waals surface area contributed by atoms with Crippen molar-refractivity contribution in [3.8, 4) is 0 Å². The minimum atomic E-state index is 0. The molecule has 1 aliphatic carbocycles. The van der Waals surface area contributed by atoms with Crippen LogP contribution < -0.4 is 10.6 Å². The first-order valence-electron chi connectivity index (χ1n) is 8.08. The first-order chi connectivity index (χ1) is 10.7. The first-order valence-corrected chi connectivity index (χ1v) is 8.46. The van der Waals surface area contributed by atoms with E-state index in [0.717, 1.165) is 36.7 Å². The summed E-state index contributed by atoms with van der Waals surface area (Å²) >= 11 is 5.89. The summed E-state index contributed by atoms with van der Waals surface area (Å²) in [5, 5.41) is 7.47. The lowest BCUT2D eigenvalue weighted by Gasteiger charge is -2.24. The van der Waals surface area contributed by atoms with Gasteiger partial charge in [-0.2, -0.15) is 0 Å². The third-order valence-electron chi connectivity index (χ3n) is 4.30. The van der Waals surface area contributed by atoms with Crippen molar-refractivity contribution in [2.75, 3.05) is 27.2 Å². The maximum Gasteiger partial charge on any atom is 0.191 e. The van der Waals surface area contributed by atoms with Crippen LogP contribution in [0.5, 0.6) is 0 Å². The molecule has 2 N–H and O–H groups in total. The molecule has 1 aromatic carbocycles. The Morgan fingerprint density at radius 3 is 2.48 bits per heavy atom. The fourth-order valence-corrected chi connectivity index (χ4v) is 3.01. The summed E-state index contributed by atoms with van der Waals surface area (Å²) in [4.78, 5) is 6.73. The van der Waals surface area contributed by atoms with Crippen LogP contribution in [0.15, 0.2) is 29.3 Å². The van der Waals surface area contributed by atoms with E-state index in [4.69, 9.17) is 11.6 Å². The van der Waals surface area contributed by atoms with E-state index in [0.29, 0.717) is 0 Å². The molecule has 0 bridgehead atoms. The number of nitrogens with zero attached hydrogens (tertiary/aromatic N) is 2. The van der Waals surface area contributed by atoms with E-state index in [1.807, 2.05) is 24.3 Å². The van der Waals surface area contributed by atoms with Crippen molar-refractivity contribution in [3.05, 3.63) is 34.9 Å². The third kappa shape index (κ3) is 7.27. The molecule has 0 aliphatic heterocycles. The van der Waals surface area contributed by atoms with Gasteiger partial charge >= 0.3 is 0 Å². The number of guanidine groups is 1. The largest absolute Gasteiger partial charge is 0.355 e. The second-order valence-corrected chi connectivity index (χ2v) is 6.33. The normalized spacial score (nSPS) is 15.6. The highest BCUT2D eigenvalue weighted by atomic mass is 127. The first kappa shape index (κ1) is 20.5. The van der Waals surface area contributed by atoms with Gasteiger partial charge in [-0.05, 0) is 37.6 Å². The predicted octanol–water partition coefficient (Wildman–Crippen LogP) is 3.50. The molecule has 2 rings (SSSR count). The minimum Gasteiger partial charge on any atom is -0.355 e. The van der Waals surface area contributed by atoms with Crippen LogP contribution in [0.2, 0.25) is 5.02 Å². The van der Waals surface area contributed by atoms with Crippen LogP contribution in [-0.4, -0.2) is 44.1 Å². The highest BCUT2D eigenvalue weighted by Gasteiger charge is 2.18. The van der Waals surface area contributed by atoms with Gasteiger partial charge in [0, 0.05) is 37.7 Å². The van der Waals surface area contributed by atoms with Crippen LogP contribution >= 0.6 is 35.6 Å². The number of nitrogens with one attached hydrogen (secondary N) is 2. The quantitative estimate of drug-likeness (QED) is 0.396. The van der Waals surface area contributed by atoms with Crippen molar-refractivity contribution in [2.24, 2.45) is 4.99 Å². The Hall–Kier alpha value is -0.530. The molecule has 0 saturated heterocycles. The summed E-state index contributed by atoms with van der Waals surface area (Å²) in [7, 11) is 4.03. The van der Waals surface area contributed by atoms with Crippen LogP contribution in [0.4, 0.5) is 0 Å². The molecule has 1 saturated carbocycles. The average Bonchev–Trinajstić information content (AvgIpc) is 3.06. The van der Waals surface area contributed by atoms with E-state index < -0.39 is 0 Å². The molecule has 1 fully saturated rings. The molecule has 0 spiro atoms. The van der Waals surface area contributed by atoms with Crippen LogP contribution in [0, 0.1) is 0 Å². The Morgan fingerprint density at radius 1 is 1.22 bits per heavy atom. The minimum absolute atomic E-state index is 0. The Bertz CT molecular complexity index is 472. The molecule has 130 valence electrons. The average molecular weight is 451 g/mol. The summed E-state index contributed by atoms with van der Waals surface area (Å²) < 4.78 is 0. The van der Waals surface area contributed by atoms with Crippen molar-refractivity contribution < 1.29 is 0 Å². The Labute approximate surface area is 162 Å². The molecular weight excluding hydrogens is 423 g/mol. The van der Waals surface area contributed by atoms with Gasteiger partial charge in [0.15, 0.2) is 5.96 Å². The Kier molecular flexibility index (Phi) is 9.90. The lowest BCUT2D eigenvalue weighted by Crippen LogP contribution is -2.42. The van der Waals surface area contributed by atoms with Crippen molar-refractivity contribution in [3.63, 3.8) is 0 Å². The zero-order valence-electron chi connectivity index (χ0n) is 14.0. The number of hydrogen-bond donors (Lipinski definition) is 2. The number of rotatable bonds is 6. The Morgan fingerprint density at radius 2 is 1.87 bits per heavy atom. The molecule has 0 aromatic heterocycles. The molecule has 23 heavy (non-hydrogen) atoms. The zero-order chi connectivity index (χ0) is 15.8. The molecule has 0 amide bonds. The monoisotopic (exact) mass is 450 g/mol. The molecule has 0 heterocycles. The van der Waals surface area contributed by atoms with E-state index in [-0.39, 0.29) is 24.0 Å². The standard InChI is InChI=1S/C17H27ClN4.HI/c1-19-17(21-13-14-7-9-15(18)10-8-14)20-11-12-22(2)16-5-3-4-6-16;/h7-10,16H,3-6,11-13H2,1-2H3,(H2,19,20,21);1H. The number of likely N-dealkylation sites (N-methyl/N-ethyl adjacent to an activating group) is 1. The summed E-state index contributed by atoms with van der Waals surface area (Å²) in [6, 6.07) is 8.63. The maximum absolute atomic E-state index is 5.89. The van der Waals surface area contributed by atoms with Gasteiger partial charge in [-0.1, -0.05) is 36.6 Å². The highest BCUT2D eigenvalue weighted by Crippen LogP contribution is 2.21. The van der Waals surface area contributed by atoms with Gasteiger partial charge in [-0.3, -0.25) is 4.99 Å². The van der Waals surface area contributed by atoms with E-state index in [9.17, 15) is 0 Å². The fraction of sp³-hybridized carbons (Fsp3) is 0.588. The van der Waals surface area contributed by atoms with Gasteiger partial charge in [0.05, 0.1) is 0 Å². The van der Waals surface area contributed by atoms with Crippen molar-refractivity contribution in [2.45, 2.75) is 38.3 Å². The van der Waals surface area contributed by atoms with Gasteiger partial charge in [0.25, 0.3) is 0 Å². The van der Waals surface area contributed by atoms with Crippen molar-refractivity contribution >= 4 is 41.5 Å². The highest BCUT2D eigenvalue weighted by molar-refractivity contribution is 14.0. The van der Waals surface area contributed by atoms with E-state index in [2.05, 4.69) is 27.6 Å². The molecule has 0 unspecified atom stereocenters. The van der Waals surface area contributed by atoms with E-state index in [1.165, 1.54) is 31.2 Å². The molecule has 0 radical (unpaired) electrons. The summed E-state index contributed by atoms with van der Waals surface area (Å²) in [6.45, 7) is 2.70. The fourth-order valence-electron chi connectivity index (χ4n) is 2.89. The van der Waals surface area contributed by atoms with Gasteiger partial charge in [-0.25, -0.2) is 0 Å². The maximum atomic E-state index is 5.89. The van der Waals surface area contributed by atoms with Crippen LogP contribution in [-0.2, 0) is 6.54 Å². The zero-order valence-corrected chi connectivity index (χ0v) is 17.1. The number of aliphatic imine (C=N–C) groups is 1. The molecule has 0 atom stereocenters. The van der Waals surface area contributed by atoms with Gasteiger partial charge in [-0.15, -0.1) is 24.0 Å². The van der Waals surface area contributed by atoms with Crippen LogP contribution in [0.25, 0.3) is 0 Å². The predicted molar refractivity (Wildman–Crippen MR) is 110 cm³/mol. The lowest BCUT2D eigenvalue weighted by molar-refractivity contribution is 0.249. The Balaban J connectivity index is 0.00000264. The van der Waals surface area contributed by atoms with Gasteiger partial charge in [0.1, 0.15) is 0 Å². The number of halogens is 2. The lowest BCUT2D eigenvalue weighted by atomic mass is 10.2. The SMILES string of the molecule is CN=C(NCCN(C)C1CCCC1)NCc1ccc(Cl)cc1.I. The summed E-state index contributed by atoms with van der Waals surface area (Å²) in [6.07, 6.45) is 5.46. The molecule has 6 heteroatoms. The smallest absolute Gasteiger partial charge is 0.191 e. The topological polar surface area (TPSA) is 39.7 Å². The third-order valence-corrected chi connectivity index (χ3v) is 4.55.